The van der Waals surface area contributed by atoms with Crippen LogP contribution >= 0.6 is 0 Å². The number of benzene rings is 1. The third kappa shape index (κ3) is 3.97. The molecule has 0 bridgehead atoms. The van der Waals surface area contributed by atoms with Crippen LogP contribution in [0, 0.1) is 0 Å². The molecule has 0 spiro atoms. The Balaban J connectivity index is 1.58. The summed E-state index contributed by atoms with van der Waals surface area (Å²) in [6, 6.07) is 9.11. The number of rotatable bonds is 5. The minimum atomic E-state index is -0.241. The molecule has 0 saturated heterocycles. The Bertz CT molecular complexity index is 751. The number of urea groups is 1. The first-order valence-electron chi connectivity index (χ1n) is 7.34. The molecular formula is C16H18N6O. The lowest BCUT2D eigenvalue weighted by atomic mass is 10.3. The molecule has 0 fully saturated rings. The van der Waals surface area contributed by atoms with E-state index in [2.05, 4.69) is 20.7 Å². The molecule has 0 saturated carbocycles. The van der Waals surface area contributed by atoms with Crippen LogP contribution in [0.1, 0.15) is 6.92 Å². The van der Waals surface area contributed by atoms with Gasteiger partial charge in [-0.05, 0) is 31.2 Å². The Kier molecular flexibility index (Phi) is 4.37. The van der Waals surface area contributed by atoms with Crippen molar-refractivity contribution in [3.05, 3.63) is 61.4 Å². The van der Waals surface area contributed by atoms with E-state index in [1.807, 2.05) is 54.2 Å². The highest BCUT2D eigenvalue weighted by Crippen LogP contribution is 2.13. The predicted octanol–water partition coefficient (Wildman–Crippen LogP) is 2.28. The molecule has 118 valence electrons. The molecule has 0 aliphatic rings. The van der Waals surface area contributed by atoms with Gasteiger partial charge in [0, 0.05) is 43.1 Å². The summed E-state index contributed by atoms with van der Waals surface area (Å²) in [5.74, 6) is 0. The lowest BCUT2D eigenvalue weighted by Crippen LogP contribution is -2.38. The topological polar surface area (TPSA) is 76.8 Å². The summed E-state index contributed by atoms with van der Waals surface area (Å²) in [7, 11) is 0. The van der Waals surface area contributed by atoms with Gasteiger partial charge in [0.1, 0.15) is 0 Å². The third-order valence-corrected chi connectivity index (χ3v) is 3.29. The van der Waals surface area contributed by atoms with Crippen LogP contribution in [0.15, 0.2) is 61.4 Å². The van der Waals surface area contributed by atoms with Crippen LogP contribution in [0.3, 0.4) is 0 Å². The Labute approximate surface area is 134 Å². The highest BCUT2D eigenvalue weighted by atomic mass is 16.2. The second-order valence-corrected chi connectivity index (χ2v) is 5.26. The summed E-state index contributed by atoms with van der Waals surface area (Å²) >= 11 is 0. The van der Waals surface area contributed by atoms with Gasteiger partial charge in [0.15, 0.2) is 0 Å². The fourth-order valence-corrected chi connectivity index (χ4v) is 2.30. The van der Waals surface area contributed by atoms with Gasteiger partial charge >= 0.3 is 6.03 Å². The highest BCUT2D eigenvalue weighted by Gasteiger charge is 2.08. The normalized spacial score (nSPS) is 11.9. The molecule has 2 heterocycles. The van der Waals surface area contributed by atoms with Crippen LogP contribution in [-0.4, -0.2) is 31.4 Å². The molecular weight excluding hydrogens is 292 g/mol. The first-order chi connectivity index (χ1) is 11.2. The second kappa shape index (κ2) is 6.78. The van der Waals surface area contributed by atoms with Crippen molar-refractivity contribution in [2.75, 3.05) is 5.32 Å². The van der Waals surface area contributed by atoms with E-state index < -0.39 is 0 Å². The summed E-state index contributed by atoms with van der Waals surface area (Å²) < 4.78 is 3.66. The molecule has 2 aromatic heterocycles. The van der Waals surface area contributed by atoms with Crippen molar-refractivity contribution >= 4 is 11.7 Å². The van der Waals surface area contributed by atoms with Gasteiger partial charge in [-0.15, -0.1) is 0 Å². The summed E-state index contributed by atoms with van der Waals surface area (Å²) in [5.41, 5.74) is 1.60. The molecule has 7 nitrogen and oxygen atoms in total. The Morgan fingerprint density at radius 2 is 2.17 bits per heavy atom. The zero-order valence-electron chi connectivity index (χ0n) is 12.8. The van der Waals surface area contributed by atoms with Crippen LogP contribution in [0.5, 0.6) is 0 Å². The van der Waals surface area contributed by atoms with E-state index in [1.165, 1.54) is 0 Å². The molecule has 0 aliphatic carbocycles. The molecule has 0 radical (unpaired) electrons. The fraction of sp³-hybridized carbons (Fsp3) is 0.188. The van der Waals surface area contributed by atoms with Crippen LogP contribution < -0.4 is 10.6 Å². The van der Waals surface area contributed by atoms with Gasteiger partial charge in [-0.25, -0.2) is 14.5 Å². The Hall–Kier alpha value is -3.09. The molecule has 1 atom stereocenters. The lowest BCUT2D eigenvalue weighted by molar-refractivity contribution is 0.248. The molecule has 1 aromatic carbocycles. The maximum Gasteiger partial charge on any atom is 0.319 e. The van der Waals surface area contributed by atoms with Gasteiger partial charge in [0.05, 0.1) is 12.0 Å². The fourth-order valence-electron chi connectivity index (χ4n) is 2.30. The summed E-state index contributed by atoms with van der Waals surface area (Å²) in [6.07, 6.45) is 8.87. The van der Waals surface area contributed by atoms with Gasteiger partial charge in [-0.2, -0.15) is 5.10 Å². The summed E-state index contributed by atoms with van der Waals surface area (Å²) in [5, 5.41) is 9.92. The number of nitrogens with zero attached hydrogens (tertiary/aromatic N) is 4. The van der Waals surface area contributed by atoms with Crippen molar-refractivity contribution in [1.82, 2.24) is 24.6 Å². The van der Waals surface area contributed by atoms with Crippen molar-refractivity contribution in [2.24, 2.45) is 0 Å². The van der Waals surface area contributed by atoms with Gasteiger partial charge in [0.25, 0.3) is 0 Å². The molecule has 0 aliphatic heterocycles. The summed E-state index contributed by atoms with van der Waals surface area (Å²) in [4.78, 5) is 16.1. The van der Waals surface area contributed by atoms with E-state index >= 15 is 0 Å². The number of hydrogen-bond donors (Lipinski definition) is 2. The largest absolute Gasteiger partial charge is 0.335 e. The van der Waals surface area contributed by atoms with Crippen molar-refractivity contribution in [3.63, 3.8) is 0 Å². The number of aromatic nitrogens is 4. The average Bonchev–Trinajstić information content (AvgIpc) is 3.20. The van der Waals surface area contributed by atoms with Crippen molar-refractivity contribution < 1.29 is 4.79 Å². The number of amides is 2. The first-order valence-corrected chi connectivity index (χ1v) is 7.34. The van der Waals surface area contributed by atoms with E-state index in [9.17, 15) is 4.79 Å². The van der Waals surface area contributed by atoms with Crippen molar-refractivity contribution in [1.29, 1.82) is 0 Å². The molecule has 0 unspecified atom stereocenters. The van der Waals surface area contributed by atoms with E-state index in [-0.39, 0.29) is 12.1 Å². The first kappa shape index (κ1) is 14.8. The Morgan fingerprint density at radius 1 is 1.26 bits per heavy atom. The highest BCUT2D eigenvalue weighted by molar-refractivity contribution is 5.89. The molecule has 3 aromatic rings. The number of carbonyl (C=O) groups excluding carboxylic acids is 1. The zero-order valence-corrected chi connectivity index (χ0v) is 12.8. The molecule has 7 heteroatoms. The average molecular weight is 310 g/mol. The standard InChI is InChI=1S/C16H18N6O/c1-13(11-21-9-7-17-12-21)19-16(23)20-14-4-2-5-15(10-14)22-8-3-6-18-22/h2-10,12-13H,11H2,1H3,(H2,19,20,23)/t13-/m1/s1. The van der Waals surface area contributed by atoms with Gasteiger partial charge in [-0.1, -0.05) is 6.07 Å². The van der Waals surface area contributed by atoms with E-state index in [0.29, 0.717) is 12.2 Å². The third-order valence-electron chi connectivity index (χ3n) is 3.29. The van der Waals surface area contributed by atoms with Crippen LogP contribution in [0.2, 0.25) is 0 Å². The van der Waals surface area contributed by atoms with Crippen molar-refractivity contribution in [3.8, 4) is 5.69 Å². The van der Waals surface area contributed by atoms with E-state index in [4.69, 9.17) is 0 Å². The smallest absolute Gasteiger partial charge is 0.319 e. The van der Waals surface area contributed by atoms with E-state index in [0.717, 1.165) is 5.69 Å². The minimum absolute atomic E-state index is 0.0153. The van der Waals surface area contributed by atoms with Crippen LogP contribution in [0.4, 0.5) is 10.5 Å². The van der Waals surface area contributed by atoms with Crippen LogP contribution in [0.25, 0.3) is 5.69 Å². The second-order valence-electron chi connectivity index (χ2n) is 5.26. The maximum atomic E-state index is 12.1. The molecule has 2 N–H and O–H groups in total. The predicted molar refractivity (Wildman–Crippen MR) is 87.4 cm³/mol. The number of imidazole rings is 1. The van der Waals surface area contributed by atoms with E-state index in [1.54, 1.807) is 23.4 Å². The molecule has 3 rings (SSSR count). The van der Waals surface area contributed by atoms with Crippen LogP contribution in [-0.2, 0) is 6.54 Å². The van der Waals surface area contributed by atoms with Gasteiger partial charge < -0.3 is 15.2 Å². The van der Waals surface area contributed by atoms with Gasteiger partial charge in [0.2, 0.25) is 0 Å². The Morgan fingerprint density at radius 3 is 2.91 bits per heavy atom. The minimum Gasteiger partial charge on any atom is -0.335 e. The number of carbonyl (C=O) groups is 1. The van der Waals surface area contributed by atoms with Gasteiger partial charge in [-0.3, -0.25) is 0 Å². The quantitative estimate of drug-likeness (QED) is 0.759. The zero-order chi connectivity index (χ0) is 16.1. The SMILES string of the molecule is C[C@H](Cn1ccnc1)NC(=O)Nc1cccc(-n2cccn2)c1. The number of anilines is 1. The maximum absolute atomic E-state index is 12.1. The summed E-state index contributed by atoms with van der Waals surface area (Å²) in [6.45, 7) is 2.61. The monoisotopic (exact) mass is 310 g/mol. The number of hydrogen-bond acceptors (Lipinski definition) is 3. The molecule has 2 amide bonds. The van der Waals surface area contributed by atoms with Crippen molar-refractivity contribution in [2.45, 2.75) is 19.5 Å². The number of nitrogens with one attached hydrogen (secondary N) is 2. The lowest BCUT2D eigenvalue weighted by Gasteiger charge is -2.15. The molecule has 23 heavy (non-hydrogen) atoms.